The molecule has 3 nitrogen and oxygen atoms in total. The fraction of sp³-hybridized carbons (Fsp3) is 0.438. The molecule has 112 valence electrons. The molecular weight excluding hydrogens is 287 g/mol. The van der Waals surface area contributed by atoms with Crippen LogP contribution in [0.1, 0.15) is 12.8 Å². The van der Waals surface area contributed by atoms with Crippen LogP contribution in [0.2, 0.25) is 0 Å². The Balaban J connectivity index is 1.47. The Hall–Kier alpha value is -1.33. The van der Waals surface area contributed by atoms with Crippen LogP contribution in [0.4, 0.5) is 4.39 Å². The molecule has 3 fully saturated rings. The van der Waals surface area contributed by atoms with Gasteiger partial charge in [-0.05, 0) is 61.5 Å². The van der Waals surface area contributed by atoms with Crippen molar-refractivity contribution >= 4 is 17.7 Å². The summed E-state index contributed by atoms with van der Waals surface area (Å²) in [4.78, 5) is 15.3. The van der Waals surface area contributed by atoms with Crippen molar-refractivity contribution in [1.29, 1.82) is 0 Å². The van der Waals surface area contributed by atoms with Crippen molar-refractivity contribution in [1.82, 2.24) is 10.2 Å². The fourth-order valence-corrected chi connectivity index (χ4v) is 3.69. The summed E-state index contributed by atoms with van der Waals surface area (Å²) in [5, 5.41) is 4.86. The van der Waals surface area contributed by atoms with Crippen LogP contribution in [-0.2, 0) is 4.79 Å². The maximum absolute atomic E-state index is 12.8. The number of thioether (sulfide) groups is 1. The average Bonchev–Trinajstić information content (AvgIpc) is 2.50. The lowest BCUT2D eigenvalue weighted by molar-refractivity contribution is -0.118. The Morgan fingerprint density at radius 1 is 1.29 bits per heavy atom. The second-order valence-corrected chi connectivity index (χ2v) is 6.61. The van der Waals surface area contributed by atoms with Gasteiger partial charge < -0.3 is 10.2 Å². The van der Waals surface area contributed by atoms with Crippen molar-refractivity contribution in [3.63, 3.8) is 0 Å². The van der Waals surface area contributed by atoms with Crippen molar-refractivity contribution in [2.75, 3.05) is 19.6 Å². The van der Waals surface area contributed by atoms with Crippen LogP contribution in [-0.4, -0.2) is 36.5 Å². The monoisotopic (exact) mass is 306 g/mol. The number of carbonyl (C=O) groups is 1. The summed E-state index contributed by atoms with van der Waals surface area (Å²) in [7, 11) is 0. The number of amides is 1. The van der Waals surface area contributed by atoms with E-state index in [9.17, 15) is 9.18 Å². The number of hydrogen-bond donors (Lipinski definition) is 1. The lowest BCUT2D eigenvalue weighted by Crippen LogP contribution is -2.57. The van der Waals surface area contributed by atoms with Gasteiger partial charge in [0.1, 0.15) is 5.82 Å². The molecule has 2 bridgehead atoms. The smallest absolute Gasteiger partial charge is 0.244 e. The zero-order valence-corrected chi connectivity index (χ0v) is 12.6. The first kappa shape index (κ1) is 14.6. The normalized spacial score (nSPS) is 28.0. The SMILES string of the molecule is O=C(C=CSc1ccc(F)cc1)N[C@H]1CN2CCC1CC2. The molecule has 0 saturated carbocycles. The fourth-order valence-electron chi connectivity index (χ4n) is 3.05. The predicted octanol–water partition coefficient (Wildman–Crippen LogP) is 2.64. The average molecular weight is 306 g/mol. The van der Waals surface area contributed by atoms with Crippen LogP contribution in [0, 0.1) is 11.7 Å². The highest BCUT2D eigenvalue weighted by Crippen LogP contribution is 2.27. The highest BCUT2D eigenvalue weighted by molar-refractivity contribution is 8.02. The van der Waals surface area contributed by atoms with Gasteiger partial charge in [0.15, 0.2) is 0 Å². The summed E-state index contributed by atoms with van der Waals surface area (Å²) in [6.07, 6.45) is 3.95. The molecule has 1 aromatic rings. The Morgan fingerprint density at radius 2 is 2.00 bits per heavy atom. The van der Waals surface area contributed by atoms with Crippen LogP contribution in [0.3, 0.4) is 0 Å². The molecule has 3 heterocycles. The number of nitrogens with one attached hydrogen (secondary N) is 1. The van der Waals surface area contributed by atoms with Gasteiger partial charge in [-0.15, -0.1) is 0 Å². The van der Waals surface area contributed by atoms with Gasteiger partial charge in [-0.1, -0.05) is 11.8 Å². The van der Waals surface area contributed by atoms with E-state index in [-0.39, 0.29) is 11.7 Å². The van der Waals surface area contributed by atoms with E-state index in [2.05, 4.69) is 10.2 Å². The third kappa shape index (κ3) is 3.86. The lowest BCUT2D eigenvalue weighted by Gasteiger charge is -2.44. The topological polar surface area (TPSA) is 32.3 Å². The molecule has 4 rings (SSSR count). The van der Waals surface area contributed by atoms with Crippen LogP contribution in [0.5, 0.6) is 0 Å². The van der Waals surface area contributed by atoms with Gasteiger partial charge in [-0.25, -0.2) is 4.39 Å². The van der Waals surface area contributed by atoms with E-state index in [1.54, 1.807) is 23.6 Å². The third-order valence-corrected chi connectivity index (χ3v) is 5.04. The number of rotatable bonds is 4. The molecule has 3 aliphatic heterocycles. The van der Waals surface area contributed by atoms with Gasteiger partial charge >= 0.3 is 0 Å². The number of nitrogens with zero attached hydrogens (tertiary/aromatic N) is 1. The number of halogens is 1. The Kier molecular flexibility index (Phi) is 4.60. The molecule has 1 atom stereocenters. The summed E-state index contributed by atoms with van der Waals surface area (Å²) >= 11 is 1.42. The van der Waals surface area contributed by atoms with E-state index in [0.29, 0.717) is 12.0 Å². The minimum atomic E-state index is -0.247. The molecule has 0 unspecified atom stereocenters. The van der Waals surface area contributed by atoms with Crippen molar-refractivity contribution in [2.24, 2.45) is 5.92 Å². The van der Waals surface area contributed by atoms with E-state index >= 15 is 0 Å². The van der Waals surface area contributed by atoms with Crippen molar-refractivity contribution in [3.05, 3.63) is 41.6 Å². The van der Waals surface area contributed by atoms with Crippen LogP contribution >= 0.6 is 11.8 Å². The highest BCUT2D eigenvalue weighted by atomic mass is 32.2. The molecular formula is C16H19FN2OS. The molecule has 1 N–H and O–H groups in total. The molecule has 0 aliphatic carbocycles. The van der Waals surface area contributed by atoms with E-state index < -0.39 is 0 Å². The van der Waals surface area contributed by atoms with E-state index in [0.717, 1.165) is 11.4 Å². The molecule has 5 heteroatoms. The largest absolute Gasteiger partial charge is 0.348 e. The van der Waals surface area contributed by atoms with E-state index in [1.165, 1.54) is 49.8 Å². The lowest BCUT2D eigenvalue weighted by atomic mass is 9.84. The Bertz CT molecular complexity index is 524. The number of fused-ring (bicyclic) bond motifs is 3. The molecule has 1 aromatic carbocycles. The first-order chi connectivity index (χ1) is 10.2. The molecule has 3 aliphatic rings. The first-order valence-electron chi connectivity index (χ1n) is 7.32. The summed E-state index contributed by atoms with van der Waals surface area (Å²) in [5.41, 5.74) is 0. The van der Waals surface area contributed by atoms with E-state index in [1.807, 2.05) is 0 Å². The maximum atomic E-state index is 12.8. The summed E-state index contributed by atoms with van der Waals surface area (Å²) in [5.74, 6) is 0.351. The summed E-state index contributed by atoms with van der Waals surface area (Å²) in [6.45, 7) is 3.33. The highest BCUT2D eigenvalue weighted by Gasteiger charge is 2.34. The van der Waals surface area contributed by atoms with Crippen molar-refractivity contribution in [2.45, 2.75) is 23.8 Å². The quantitative estimate of drug-likeness (QED) is 0.685. The van der Waals surface area contributed by atoms with Crippen LogP contribution in [0.25, 0.3) is 0 Å². The molecule has 0 aromatic heterocycles. The number of carbonyl (C=O) groups excluding carboxylic acids is 1. The molecule has 21 heavy (non-hydrogen) atoms. The maximum Gasteiger partial charge on any atom is 0.244 e. The van der Waals surface area contributed by atoms with Gasteiger partial charge in [0.05, 0.1) is 0 Å². The summed E-state index contributed by atoms with van der Waals surface area (Å²) < 4.78 is 12.8. The Morgan fingerprint density at radius 3 is 2.62 bits per heavy atom. The van der Waals surface area contributed by atoms with Crippen LogP contribution in [0.15, 0.2) is 40.6 Å². The second kappa shape index (κ2) is 6.62. The molecule has 0 radical (unpaired) electrons. The Labute approximate surface area is 128 Å². The van der Waals surface area contributed by atoms with E-state index in [4.69, 9.17) is 0 Å². The molecule has 3 saturated heterocycles. The zero-order valence-electron chi connectivity index (χ0n) is 11.8. The minimum Gasteiger partial charge on any atom is -0.348 e. The third-order valence-electron chi connectivity index (χ3n) is 4.22. The predicted molar refractivity (Wildman–Crippen MR) is 82.5 cm³/mol. The van der Waals surface area contributed by atoms with Gasteiger partial charge in [0.25, 0.3) is 0 Å². The van der Waals surface area contributed by atoms with Gasteiger partial charge in [0.2, 0.25) is 5.91 Å². The summed E-state index contributed by atoms with van der Waals surface area (Å²) in [6, 6.07) is 6.54. The standard InChI is InChI=1S/C16H19FN2OS/c17-13-1-3-14(4-2-13)21-10-7-16(20)18-15-11-19-8-5-12(15)6-9-19/h1-4,7,10,12,15H,5-6,8-9,11H2,(H,18,20)/t15-/m0/s1. The number of piperidine rings is 3. The number of benzene rings is 1. The van der Waals surface area contributed by atoms with Crippen LogP contribution < -0.4 is 5.32 Å². The van der Waals surface area contributed by atoms with Crippen molar-refractivity contribution < 1.29 is 9.18 Å². The van der Waals surface area contributed by atoms with Gasteiger partial charge in [0, 0.05) is 23.6 Å². The molecule has 0 spiro atoms. The van der Waals surface area contributed by atoms with Gasteiger partial charge in [-0.2, -0.15) is 0 Å². The van der Waals surface area contributed by atoms with Crippen molar-refractivity contribution in [3.8, 4) is 0 Å². The zero-order chi connectivity index (χ0) is 14.7. The first-order valence-corrected chi connectivity index (χ1v) is 8.20. The minimum absolute atomic E-state index is 0.0386. The second-order valence-electron chi connectivity index (χ2n) is 5.63. The van der Waals surface area contributed by atoms with Gasteiger partial charge in [-0.3, -0.25) is 4.79 Å². The number of hydrogen-bond acceptors (Lipinski definition) is 3. The molecule has 1 amide bonds.